The van der Waals surface area contributed by atoms with E-state index in [0.29, 0.717) is 10.8 Å². The van der Waals surface area contributed by atoms with Crippen LogP contribution in [0.1, 0.15) is 40.4 Å². The molecule has 1 atom stereocenters. The van der Waals surface area contributed by atoms with E-state index in [1.165, 1.54) is 30.9 Å². The summed E-state index contributed by atoms with van der Waals surface area (Å²) in [6.07, 6.45) is 3.38. The number of carbonyl (C=O) groups excluding carboxylic acids is 1. The average Bonchev–Trinajstić information content (AvgIpc) is 3.57. The summed E-state index contributed by atoms with van der Waals surface area (Å²) in [7, 11) is 0. The van der Waals surface area contributed by atoms with Crippen molar-refractivity contribution in [2.45, 2.75) is 37.6 Å². The smallest absolute Gasteiger partial charge is 0.289 e. The Hall–Kier alpha value is -3.00. The molecular formula is C21H18F3N3O2. The summed E-state index contributed by atoms with van der Waals surface area (Å²) in [5, 5.41) is 0.695. The number of allylic oxidation sites excluding steroid dienone is 2. The fourth-order valence-electron chi connectivity index (χ4n) is 3.26. The van der Waals surface area contributed by atoms with Gasteiger partial charge < -0.3 is 0 Å². The number of Topliss-reactive ketones (excluding diaryl/α,β-unsaturated/α-hetero) is 1. The van der Waals surface area contributed by atoms with E-state index < -0.39 is 23.6 Å². The Labute approximate surface area is 165 Å². The highest BCUT2D eigenvalue weighted by Crippen LogP contribution is 2.42. The molecule has 0 N–H and O–H groups in total. The van der Waals surface area contributed by atoms with Gasteiger partial charge in [-0.15, -0.1) is 0 Å². The highest BCUT2D eigenvalue weighted by Gasteiger charge is 2.49. The summed E-state index contributed by atoms with van der Waals surface area (Å²) in [5.74, 6) is -0.626. The van der Waals surface area contributed by atoms with Crippen LogP contribution in [0.15, 0.2) is 66.8 Å². The van der Waals surface area contributed by atoms with E-state index in [4.69, 9.17) is 4.84 Å². The Balaban J connectivity index is 1.61. The number of nitrogens with zero attached hydrogens (tertiary/aromatic N) is 3. The molecule has 0 saturated heterocycles. The molecule has 5 nitrogen and oxygen atoms in total. The number of benzene rings is 1. The number of hydrogen-bond acceptors (Lipinski definition) is 5. The highest BCUT2D eigenvalue weighted by molar-refractivity contribution is 6.10. The number of hydroxylamine groups is 2. The van der Waals surface area contributed by atoms with Gasteiger partial charge in [-0.3, -0.25) is 9.63 Å². The van der Waals surface area contributed by atoms with Crippen molar-refractivity contribution >= 4 is 5.78 Å². The van der Waals surface area contributed by atoms with Crippen LogP contribution in [-0.2, 0) is 11.4 Å². The second-order valence-corrected chi connectivity index (χ2v) is 6.95. The molecule has 2 aromatic rings. The van der Waals surface area contributed by atoms with Crippen LogP contribution in [0.4, 0.5) is 13.2 Å². The summed E-state index contributed by atoms with van der Waals surface area (Å²) in [4.78, 5) is 26.5. The topological polar surface area (TPSA) is 55.3 Å². The lowest BCUT2D eigenvalue weighted by Gasteiger charge is -2.34. The Morgan fingerprint density at radius 3 is 2.66 bits per heavy atom. The molecule has 4 rings (SSSR count). The van der Waals surface area contributed by atoms with Gasteiger partial charge >= 0.3 is 6.18 Å². The van der Waals surface area contributed by atoms with Crippen molar-refractivity contribution in [1.82, 2.24) is 15.0 Å². The molecule has 2 heterocycles. The molecule has 2 aliphatic rings. The van der Waals surface area contributed by atoms with Crippen molar-refractivity contribution in [3.63, 3.8) is 0 Å². The number of carbonyl (C=O) groups is 1. The van der Waals surface area contributed by atoms with Crippen LogP contribution >= 0.6 is 0 Å². The first-order chi connectivity index (χ1) is 13.9. The molecule has 0 radical (unpaired) electrons. The Morgan fingerprint density at radius 2 is 1.97 bits per heavy atom. The van der Waals surface area contributed by atoms with Crippen LogP contribution in [0.5, 0.6) is 0 Å². The third-order valence-corrected chi connectivity index (χ3v) is 4.80. The maximum absolute atomic E-state index is 13.9. The lowest BCUT2D eigenvalue weighted by Crippen LogP contribution is -2.47. The second kappa shape index (κ2) is 7.79. The number of hydrogen-bond donors (Lipinski definition) is 0. The minimum atomic E-state index is -4.71. The Kier molecular flexibility index (Phi) is 5.19. The third kappa shape index (κ3) is 4.22. The monoisotopic (exact) mass is 401 g/mol. The van der Waals surface area contributed by atoms with E-state index in [0.717, 1.165) is 18.4 Å². The molecule has 1 saturated carbocycles. The number of alkyl halides is 3. The van der Waals surface area contributed by atoms with Gasteiger partial charge in [0.15, 0.2) is 11.8 Å². The lowest BCUT2D eigenvalue weighted by atomic mass is 9.93. The standard InChI is InChI=1S/C21H18F3N3O2/c22-21(23,24)20-16(19(28)17-11-25-13-26-18(17)15-8-9-15)7-4-10-27(20)29-12-14-5-2-1-3-6-14/h1-7,10-11,13,15,20H,8-9,12H2. The summed E-state index contributed by atoms with van der Waals surface area (Å²) in [5.41, 5.74) is 0.938. The molecule has 0 amide bonds. The second-order valence-electron chi connectivity index (χ2n) is 6.95. The minimum Gasteiger partial charge on any atom is -0.289 e. The molecule has 150 valence electrons. The van der Waals surface area contributed by atoms with Crippen molar-refractivity contribution < 1.29 is 22.8 Å². The molecule has 1 aromatic heterocycles. The van der Waals surface area contributed by atoms with Gasteiger partial charge in [0.1, 0.15) is 6.33 Å². The number of ketones is 1. The number of halogens is 3. The first kappa shape index (κ1) is 19.3. The van der Waals surface area contributed by atoms with Gasteiger partial charge in [-0.05, 0) is 24.5 Å². The maximum atomic E-state index is 13.9. The fraction of sp³-hybridized carbons (Fsp3) is 0.286. The average molecular weight is 401 g/mol. The van der Waals surface area contributed by atoms with E-state index in [9.17, 15) is 18.0 Å². The van der Waals surface area contributed by atoms with Gasteiger partial charge in [-0.2, -0.15) is 13.2 Å². The molecule has 1 aliphatic heterocycles. The van der Waals surface area contributed by atoms with Crippen LogP contribution in [-0.4, -0.2) is 33.0 Å². The fourth-order valence-corrected chi connectivity index (χ4v) is 3.26. The first-order valence-electron chi connectivity index (χ1n) is 9.20. The maximum Gasteiger partial charge on any atom is 0.415 e. The van der Waals surface area contributed by atoms with Crippen molar-refractivity contribution in [3.05, 3.63) is 83.6 Å². The van der Waals surface area contributed by atoms with E-state index in [-0.39, 0.29) is 18.1 Å². The zero-order valence-electron chi connectivity index (χ0n) is 15.3. The molecule has 0 spiro atoms. The van der Waals surface area contributed by atoms with Crippen molar-refractivity contribution in [1.29, 1.82) is 0 Å². The van der Waals surface area contributed by atoms with Crippen molar-refractivity contribution in [3.8, 4) is 0 Å². The van der Waals surface area contributed by atoms with Gasteiger partial charge in [-0.1, -0.05) is 36.4 Å². The quantitative estimate of drug-likeness (QED) is 0.674. The van der Waals surface area contributed by atoms with Gasteiger partial charge in [0, 0.05) is 23.9 Å². The summed E-state index contributed by atoms with van der Waals surface area (Å²) in [6.45, 7) is -0.0546. The lowest BCUT2D eigenvalue weighted by molar-refractivity contribution is -0.247. The molecule has 1 fully saturated rings. The van der Waals surface area contributed by atoms with Gasteiger partial charge in [0.2, 0.25) is 0 Å². The summed E-state index contributed by atoms with van der Waals surface area (Å²) >= 11 is 0. The van der Waals surface area contributed by atoms with Crippen molar-refractivity contribution in [2.24, 2.45) is 0 Å². The zero-order valence-corrected chi connectivity index (χ0v) is 15.3. The summed E-state index contributed by atoms with van der Waals surface area (Å²) in [6, 6.07) is 6.64. The SMILES string of the molecule is O=C(C1=CC=CN(OCc2ccccc2)C1C(F)(F)F)c1cncnc1C1CC1. The third-order valence-electron chi connectivity index (χ3n) is 4.80. The minimum absolute atomic E-state index is 0.0546. The largest absolute Gasteiger partial charge is 0.415 e. The molecule has 1 unspecified atom stereocenters. The van der Waals surface area contributed by atoms with Gasteiger partial charge in [0.25, 0.3) is 0 Å². The van der Waals surface area contributed by atoms with Crippen LogP contribution in [0, 0.1) is 0 Å². The van der Waals surface area contributed by atoms with Crippen LogP contribution in [0.2, 0.25) is 0 Å². The predicted molar refractivity (Wildman–Crippen MR) is 98.5 cm³/mol. The van der Waals surface area contributed by atoms with Crippen LogP contribution < -0.4 is 0 Å². The van der Waals surface area contributed by atoms with E-state index in [1.807, 2.05) is 6.07 Å². The molecule has 1 aliphatic carbocycles. The predicted octanol–water partition coefficient (Wildman–Crippen LogP) is 4.36. The molecule has 1 aromatic carbocycles. The number of aromatic nitrogens is 2. The van der Waals surface area contributed by atoms with E-state index >= 15 is 0 Å². The summed E-state index contributed by atoms with van der Waals surface area (Å²) < 4.78 is 41.8. The Bertz CT molecular complexity index is 953. The number of rotatable bonds is 6. The first-order valence-corrected chi connectivity index (χ1v) is 9.20. The van der Waals surface area contributed by atoms with Crippen LogP contribution in [0.3, 0.4) is 0 Å². The van der Waals surface area contributed by atoms with Crippen molar-refractivity contribution in [2.75, 3.05) is 0 Å². The molecular weight excluding hydrogens is 383 g/mol. The van der Waals surface area contributed by atoms with Crippen LogP contribution in [0.25, 0.3) is 0 Å². The van der Waals surface area contributed by atoms with Gasteiger partial charge in [-0.25, -0.2) is 15.0 Å². The molecule has 0 bridgehead atoms. The molecule has 29 heavy (non-hydrogen) atoms. The van der Waals surface area contributed by atoms with E-state index in [1.54, 1.807) is 24.3 Å². The highest BCUT2D eigenvalue weighted by atomic mass is 19.4. The zero-order chi connectivity index (χ0) is 20.4. The molecule has 8 heteroatoms. The normalized spacial score (nSPS) is 19.2. The van der Waals surface area contributed by atoms with Gasteiger partial charge in [0.05, 0.1) is 17.9 Å². The van der Waals surface area contributed by atoms with E-state index in [2.05, 4.69) is 9.97 Å². The Morgan fingerprint density at radius 1 is 1.21 bits per heavy atom.